The molecule has 146 valence electrons. The first-order valence-corrected chi connectivity index (χ1v) is 8.76. The summed E-state index contributed by atoms with van der Waals surface area (Å²) in [6.07, 6.45) is 4.17. The monoisotopic (exact) mass is 367 g/mol. The molecule has 0 aromatic heterocycles. The fraction of sp³-hybridized carbons (Fsp3) is 0.526. The van der Waals surface area contributed by atoms with E-state index in [1.165, 1.54) is 12.1 Å². The number of unbranched alkanes of at least 4 members (excludes halogenated alkanes) is 1. The molecule has 0 spiro atoms. The van der Waals surface area contributed by atoms with E-state index in [0.717, 1.165) is 25.7 Å². The van der Waals surface area contributed by atoms with Crippen LogP contribution in [0.15, 0.2) is 24.3 Å². The van der Waals surface area contributed by atoms with Gasteiger partial charge in [0.1, 0.15) is 0 Å². The molecule has 0 aliphatic rings. The Morgan fingerprint density at radius 1 is 1.08 bits per heavy atom. The Morgan fingerprint density at radius 2 is 1.69 bits per heavy atom. The second kappa shape index (κ2) is 13.7. The van der Waals surface area contributed by atoms with Crippen LogP contribution in [0.4, 0.5) is 5.69 Å². The van der Waals surface area contributed by atoms with E-state index in [1.807, 2.05) is 0 Å². The van der Waals surface area contributed by atoms with E-state index in [-0.39, 0.29) is 18.4 Å². The molecule has 7 heteroatoms. The maximum Gasteiger partial charge on any atom is 0.335 e. The zero-order chi connectivity index (χ0) is 19.9. The number of carbonyl (C=O) groups excluding carboxylic acids is 1. The molecular weight excluding hydrogens is 338 g/mol. The minimum Gasteiger partial charge on any atom is -0.481 e. The van der Waals surface area contributed by atoms with Crippen molar-refractivity contribution in [1.29, 1.82) is 0 Å². The molecule has 0 radical (unpaired) electrons. The van der Waals surface area contributed by atoms with E-state index in [2.05, 4.69) is 13.8 Å². The van der Waals surface area contributed by atoms with Gasteiger partial charge in [0, 0.05) is 5.69 Å². The van der Waals surface area contributed by atoms with Crippen molar-refractivity contribution in [3.05, 3.63) is 29.8 Å². The van der Waals surface area contributed by atoms with Crippen LogP contribution in [0.2, 0.25) is 0 Å². The number of rotatable bonds is 10. The van der Waals surface area contributed by atoms with Gasteiger partial charge < -0.3 is 20.7 Å². The first-order chi connectivity index (χ1) is 12.3. The lowest BCUT2D eigenvalue weighted by Crippen LogP contribution is -2.14. The van der Waals surface area contributed by atoms with E-state index in [1.54, 1.807) is 12.1 Å². The zero-order valence-electron chi connectivity index (χ0n) is 15.4. The van der Waals surface area contributed by atoms with Crippen molar-refractivity contribution in [1.82, 2.24) is 0 Å². The van der Waals surface area contributed by atoms with E-state index < -0.39 is 17.9 Å². The molecule has 0 saturated heterocycles. The van der Waals surface area contributed by atoms with Crippen molar-refractivity contribution in [3.63, 3.8) is 0 Å². The summed E-state index contributed by atoms with van der Waals surface area (Å²) >= 11 is 0. The number of carboxylic acid groups (broad SMARTS) is 2. The number of hydrogen-bond donors (Lipinski definition) is 3. The van der Waals surface area contributed by atoms with Gasteiger partial charge >= 0.3 is 17.9 Å². The molecular formula is C19H29NO6. The molecule has 0 saturated carbocycles. The van der Waals surface area contributed by atoms with Crippen LogP contribution in [0, 0.1) is 5.92 Å². The maximum atomic E-state index is 11.2. The summed E-state index contributed by atoms with van der Waals surface area (Å²) in [5.41, 5.74) is 6.17. The summed E-state index contributed by atoms with van der Waals surface area (Å²) in [6.45, 7) is 4.63. The quantitative estimate of drug-likeness (QED) is 0.426. The summed E-state index contributed by atoms with van der Waals surface area (Å²) in [5.74, 6) is -1.89. The predicted molar refractivity (Wildman–Crippen MR) is 98.9 cm³/mol. The van der Waals surface area contributed by atoms with Crippen LogP contribution in [0.3, 0.4) is 0 Å². The number of nitrogens with two attached hydrogens (primary N) is 1. The second-order valence-electron chi connectivity index (χ2n) is 5.92. The third-order valence-electron chi connectivity index (χ3n) is 3.72. The molecule has 1 unspecified atom stereocenters. The minimum atomic E-state index is -0.963. The van der Waals surface area contributed by atoms with Gasteiger partial charge in [-0.15, -0.1) is 0 Å². The number of benzene rings is 1. The van der Waals surface area contributed by atoms with Gasteiger partial charge in [0.2, 0.25) is 0 Å². The third-order valence-corrected chi connectivity index (χ3v) is 3.72. The first-order valence-electron chi connectivity index (χ1n) is 8.76. The number of aliphatic carboxylic acids is 1. The number of nitrogen functional groups attached to an aromatic ring is 1. The van der Waals surface area contributed by atoms with E-state index in [0.29, 0.717) is 18.2 Å². The molecule has 0 aliphatic carbocycles. The number of carboxylic acids is 2. The number of aromatic carboxylic acids is 1. The smallest absolute Gasteiger partial charge is 0.335 e. The summed E-state index contributed by atoms with van der Waals surface area (Å²) in [7, 11) is 0. The summed E-state index contributed by atoms with van der Waals surface area (Å²) in [5, 5.41) is 16.8. The molecule has 26 heavy (non-hydrogen) atoms. The zero-order valence-corrected chi connectivity index (χ0v) is 15.4. The average Bonchev–Trinajstić information content (AvgIpc) is 2.61. The average molecular weight is 367 g/mol. The van der Waals surface area contributed by atoms with Gasteiger partial charge in [-0.25, -0.2) is 4.79 Å². The van der Waals surface area contributed by atoms with Crippen LogP contribution in [0.25, 0.3) is 0 Å². The standard InChI is InChI=1S/C12H22O4.C7H7NO2/c1-3-5-6-10(4-2)9-16-12(15)8-7-11(13)14;8-6-3-1-5(2-4-6)7(9)10/h10H,3-9H2,1-2H3,(H,13,14);1-4H,8H2,(H,9,10). The first kappa shape index (κ1) is 23.4. The van der Waals surface area contributed by atoms with Crippen LogP contribution in [0.1, 0.15) is 62.7 Å². The lowest BCUT2D eigenvalue weighted by molar-refractivity contribution is -0.148. The molecule has 1 atom stereocenters. The van der Waals surface area contributed by atoms with Crippen LogP contribution in [-0.2, 0) is 14.3 Å². The Labute approximate surface area is 154 Å². The number of ether oxygens (including phenoxy) is 1. The number of anilines is 1. The van der Waals surface area contributed by atoms with Gasteiger partial charge in [0.15, 0.2) is 0 Å². The highest BCUT2D eigenvalue weighted by molar-refractivity contribution is 5.87. The van der Waals surface area contributed by atoms with Crippen molar-refractivity contribution in [3.8, 4) is 0 Å². The molecule has 1 aromatic rings. The van der Waals surface area contributed by atoms with E-state index >= 15 is 0 Å². The number of carbonyl (C=O) groups is 3. The highest BCUT2D eigenvalue weighted by atomic mass is 16.5. The van der Waals surface area contributed by atoms with E-state index in [9.17, 15) is 14.4 Å². The van der Waals surface area contributed by atoms with Gasteiger partial charge in [0.05, 0.1) is 25.0 Å². The Balaban J connectivity index is 0.000000531. The number of esters is 1. The topological polar surface area (TPSA) is 127 Å². The molecule has 0 bridgehead atoms. The van der Waals surface area contributed by atoms with Crippen LogP contribution >= 0.6 is 0 Å². The van der Waals surface area contributed by atoms with Crippen LogP contribution < -0.4 is 5.73 Å². The summed E-state index contributed by atoms with van der Waals surface area (Å²) in [4.78, 5) is 31.7. The van der Waals surface area contributed by atoms with Gasteiger partial charge in [-0.2, -0.15) is 0 Å². The van der Waals surface area contributed by atoms with Gasteiger partial charge in [-0.1, -0.05) is 33.1 Å². The summed E-state index contributed by atoms with van der Waals surface area (Å²) < 4.78 is 5.04. The predicted octanol–water partition coefficient (Wildman–Crippen LogP) is 3.58. The maximum absolute atomic E-state index is 11.2. The number of hydrogen-bond acceptors (Lipinski definition) is 5. The largest absolute Gasteiger partial charge is 0.481 e. The fourth-order valence-electron chi connectivity index (χ4n) is 2.02. The lowest BCUT2D eigenvalue weighted by Gasteiger charge is -2.14. The van der Waals surface area contributed by atoms with Crippen molar-refractivity contribution in [2.45, 2.75) is 52.4 Å². The molecule has 4 N–H and O–H groups in total. The fourth-order valence-corrected chi connectivity index (χ4v) is 2.02. The van der Waals surface area contributed by atoms with Gasteiger partial charge in [-0.05, 0) is 36.6 Å². The molecule has 0 heterocycles. The Bertz CT molecular complexity index is 556. The van der Waals surface area contributed by atoms with Crippen molar-refractivity contribution >= 4 is 23.6 Å². The Hall–Kier alpha value is -2.57. The molecule has 0 aliphatic heterocycles. The highest BCUT2D eigenvalue weighted by Gasteiger charge is 2.11. The van der Waals surface area contributed by atoms with Crippen molar-refractivity contribution < 1.29 is 29.3 Å². The normalized spacial score (nSPS) is 11.0. The van der Waals surface area contributed by atoms with Crippen LogP contribution in [-0.4, -0.2) is 34.7 Å². The Morgan fingerprint density at radius 3 is 2.15 bits per heavy atom. The Kier molecular flexibility index (Phi) is 12.3. The SMILES string of the molecule is CCCCC(CC)COC(=O)CCC(=O)O.Nc1ccc(C(=O)O)cc1. The minimum absolute atomic E-state index is 0.0282. The highest BCUT2D eigenvalue weighted by Crippen LogP contribution is 2.13. The molecule has 0 amide bonds. The van der Waals surface area contributed by atoms with E-state index in [4.69, 9.17) is 20.7 Å². The molecule has 0 fully saturated rings. The second-order valence-corrected chi connectivity index (χ2v) is 5.92. The van der Waals surface area contributed by atoms with Crippen molar-refractivity contribution in [2.24, 2.45) is 5.92 Å². The summed E-state index contributed by atoms with van der Waals surface area (Å²) in [6, 6.07) is 6.06. The third kappa shape index (κ3) is 11.9. The van der Waals surface area contributed by atoms with Crippen LogP contribution in [0.5, 0.6) is 0 Å². The molecule has 1 rings (SSSR count). The van der Waals surface area contributed by atoms with Gasteiger partial charge in [-0.3, -0.25) is 9.59 Å². The van der Waals surface area contributed by atoms with Crippen molar-refractivity contribution in [2.75, 3.05) is 12.3 Å². The molecule has 7 nitrogen and oxygen atoms in total. The molecule has 1 aromatic carbocycles. The lowest BCUT2D eigenvalue weighted by atomic mass is 10.0. The van der Waals surface area contributed by atoms with Gasteiger partial charge in [0.25, 0.3) is 0 Å².